The molecule has 1 aromatic heterocycles. The fourth-order valence-corrected chi connectivity index (χ4v) is 2.24. The van der Waals surface area contributed by atoms with Crippen LogP contribution in [0.25, 0.3) is 11.3 Å². The van der Waals surface area contributed by atoms with Gasteiger partial charge in [0.25, 0.3) is 5.91 Å². The number of carbonyl (C=O) groups excluding carboxylic acids is 1. The van der Waals surface area contributed by atoms with E-state index in [0.29, 0.717) is 17.9 Å². The first-order valence-electron chi connectivity index (χ1n) is 7.42. The van der Waals surface area contributed by atoms with Crippen LogP contribution in [-0.2, 0) is 6.54 Å². The van der Waals surface area contributed by atoms with Gasteiger partial charge in [0.05, 0.1) is 7.11 Å². The Morgan fingerprint density at radius 2 is 1.75 bits per heavy atom. The molecule has 122 valence electrons. The first kappa shape index (κ1) is 15.8. The number of nitrogens with one attached hydrogen (secondary N) is 1. The van der Waals surface area contributed by atoms with Crippen molar-refractivity contribution < 1.29 is 18.3 Å². The molecule has 2 aromatic carbocycles. The number of furan rings is 1. The van der Waals surface area contributed by atoms with Crippen molar-refractivity contribution in [2.75, 3.05) is 7.11 Å². The molecular weight excluding hydrogens is 309 g/mol. The third kappa shape index (κ3) is 3.63. The number of hydrogen-bond donors (Lipinski definition) is 1. The molecule has 0 aliphatic carbocycles. The highest BCUT2D eigenvalue weighted by Gasteiger charge is 2.12. The van der Waals surface area contributed by atoms with Crippen LogP contribution in [0.15, 0.2) is 65.1 Å². The number of ether oxygens (including phenoxy) is 1. The molecule has 0 spiro atoms. The molecule has 0 bridgehead atoms. The standard InChI is InChI=1S/C19H16FNO3/c1-23-16-8-2-13(3-9-16)12-21-19(22)18-11-10-17(24-18)14-4-6-15(20)7-5-14/h2-11H,12H2,1H3,(H,21,22). The zero-order chi connectivity index (χ0) is 16.9. The molecule has 4 nitrogen and oxygen atoms in total. The molecule has 1 heterocycles. The van der Waals surface area contributed by atoms with Gasteiger partial charge in [0, 0.05) is 12.1 Å². The monoisotopic (exact) mass is 325 g/mol. The molecule has 0 aliphatic rings. The number of methoxy groups -OCH3 is 1. The van der Waals surface area contributed by atoms with E-state index in [1.807, 2.05) is 24.3 Å². The molecule has 0 radical (unpaired) electrons. The Morgan fingerprint density at radius 3 is 2.42 bits per heavy atom. The van der Waals surface area contributed by atoms with Crippen molar-refractivity contribution >= 4 is 5.91 Å². The van der Waals surface area contributed by atoms with Crippen LogP contribution in [0.1, 0.15) is 16.1 Å². The smallest absolute Gasteiger partial charge is 0.287 e. The van der Waals surface area contributed by atoms with E-state index >= 15 is 0 Å². The molecule has 0 saturated heterocycles. The van der Waals surface area contributed by atoms with E-state index in [-0.39, 0.29) is 17.5 Å². The summed E-state index contributed by atoms with van der Waals surface area (Å²) < 4.78 is 23.6. The number of halogens is 1. The zero-order valence-electron chi connectivity index (χ0n) is 13.1. The fraction of sp³-hybridized carbons (Fsp3) is 0.105. The van der Waals surface area contributed by atoms with Crippen molar-refractivity contribution in [2.24, 2.45) is 0 Å². The first-order valence-corrected chi connectivity index (χ1v) is 7.42. The van der Waals surface area contributed by atoms with E-state index in [2.05, 4.69) is 5.32 Å². The topological polar surface area (TPSA) is 51.5 Å². The van der Waals surface area contributed by atoms with Gasteiger partial charge in [0.1, 0.15) is 17.3 Å². The van der Waals surface area contributed by atoms with Crippen LogP contribution in [0, 0.1) is 5.82 Å². The Labute approximate surface area is 138 Å². The Kier molecular flexibility index (Phi) is 4.61. The lowest BCUT2D eigenvalue weighted by atomic mass is 10.2. The van der Waals surface area contributed by atoms with Crippen molar-refractivity contribution in [3.8, 4) is 17.1 Å². The van der Waals surface area contributed by atoms with Gasteiger partial charge in [-0.25, -0.2) is 4.39 Å². The normalized spacial score (nSPS) is 10.4. The highest BCUT2D eigenvalue weighted by molar-refractivity contribution is 5.92. The highest BCUT2D eigenvalue weighted by atomic mass is 19.1. The van der Waals surface area contributed by atoms with E-state index < -0.39 is 0 Å². The van der Waals surface area contributed by atoms with Crippen molar-refractivity contribution in [3.63, 3.8) is 0 Å². The SMILES string of the molecule is COc1ccc(CNC(=O)c2ccc(-c3ccc(F)cc3)o2)cc1. The molecular formula is C19H16FNO3. The Morgan fingerprint density at radius 1 is 1.04 bits per heavy atom. The quantitative estimate of drug-likeness (QED) is 0.771. The third-order valence-corrected chi connectivity index (χ3v) is 3.57. The summed E-state index contributed by atoms with van der Waals surface area (Å²) in [5, 5.41) is 2.79. The summed E-state index contributed by atoms with van der Waals surface area (Å²) >= 11 is 0. The predicted octanol–water partition coefficient (Wildman–Crippen LogP) is 4.02. The molecule has 0 atom stereocenters. The number of hydrogen-bond acceptors (Lipinski definition) is 3. The lowest BCUT2D eigenvalue weighted by Gasteiger charge is -2.05. The van der Waals surface area contributed by atoms with Crippen molar-refractivity contribution in [3.05, 3.63) is 77.8 Å². The summed E-state index contributed by atoms with van der Waals surface area (Å²) in [4.78, 5) is 12.2. The second-order valence-electron chi connectivity index (χ2n) is 5.20. The maximum Gasteiger partial charge on any atom is 0.287 e. The Hall–Kier alpha value is -3.08. The van der Waals surface area contributed by atoms with Gasteiger partial charge in [0.15, 0.2) is 5.76 Å². The van der Waals surface area contributed by atoms with Gasteiger partial charge in [-0.3, -0.25) is 4.79 Å². The molecule has 0 unspecified atom stereocenters. The Bertz CT molecular complexity index is 823. The van der Waals surface area contributed by atoms with Gasteiger partial charge in [-0.1, -0.05) is 12.1 Å². The summed E-state index contributed by atoms with van der Waals surface area (Å²) in [6.45, 7) is 0.384. The number of rotatable bonds is 5. The first-order chi connectivity index (χ1) is 11.7. The largest absolute Gasteiger partial charge is 0.497 e. The second-order valence-corrected chi connectivity index (χ2v) is 5.20. The molecule has 0 aliphatic heterocycles. The highest BCUT2D eigenvalue weighted by Crippen LogP contribution is 2.22. The molecule has 0 saturated carbocycles. The zero-order valence-corrected chi connectivity index (χ0v) is 13.1. The number of amides is 1. The van der Waals surface area contributed by atoms with Crippen molar-refractivity contribution in [2.45, 2.75) is 6.54 Å². The lowest BCUT2D eigenvalue weighted by Crippen LogP contribution is -2.22. The average Bonchev–Trinajstić information content (AvgIpc) is 3.11. The maximum absolute atomic E-state index is 12.9. The van der Waals surface area contributed by atoms with Gasteiger partial charge >= 0.3 is 0 Å². The minimum Gasteiger partial charge on any atom is -0.497 e. The summed E-state index contributed by atoms with van der Waals surface area (Å²) in [6, 6.07) is 16.6. The van der Waals surface area contributed by atoms with E-state index in [1.165, 1.54) is 12.1 Å². The molecule has 1 amide bonds. The number of carbonyl (C=O) groups is 1. The lowest BCUT2D eigenvalue weighted by molar-refractivity contribution is 0.0924. The molecule has 24 heavy (non-hydrogen) atoms. The summed E-state index contributed by atoms with van der Waals surface area (Å²) in [5.41, 5.74) is 1.67. The van der Waals surface area contributed by atoms with E-state index in [9.17, 15) is 9.18 Å². The van der Waals surface area contributed by atoms with E-state index in [0.717, 1.165) is 11.3 Å². The number of benzene rings is 2. The molecule has 0 fully saturated rings. The third-order valence-electron chi connectivity index (χ3n) is 3.57. The van der Waals surface area contributed by atoms with Crippen LogP contribution in [0.4, 0.5) is 4.39 Å². The van der Waals surface area contributed by atoms with Crippen molar-refractivity contribution in [1.82, 2.24) is 5.32 Å². The van der Waals surface area contributed by atoms with Crippen LogP contribution in [-0.4, -0.2) is 13.0 Å². The van der Waals surface area contributed by atoms with Gasteiger partial charge < -0.3 is 14.5 Å². The van der Waals surface area contributed by atoms with E-state index in [4.69, 9.17) is 9.15 Å². The summed E-state index contributed by atoms with van der Waals surface area (Å²) in [5.74, 6) is 0.870. The van der Waals surface area contributed by atoms with Crippen molar-refractivity contribution in [1.29, 1.82) is 0 Å². The van der Waals surface area contributed by atoms with Crippen LogP contribution in [0.5, 0.6) is 5.75 Å². The van der Waals surface area contributed by atoms with Gasteiger partial charge in [0.2, 0.25) is 0 Å². The fourth-order valence-electron chi connectivity index (χ4n) is 2.24. The van der Waals surface area contributed by atoms with Crippen LogP contribution >= 0.6 is 0 Å². The minimum atomic E-state index is -0.317. The maximum atomic E-state index is 12.9. The van der Waals surface area contributed by atoms with Gasteiger partial charge in [-0.05, 0) is 54.1 Å². The molecule has 5 heteroatoms. The van der Waals surface area contributed by atoms with Gasteiger partial charge in [-0.2, -0.15) is 0 Å². The molecule has 1 N–H and O–H groups in total. The van der Waals surface area contributed by atoms with Crippen LogP contribution in [0.2, 0.25) is 0 Å². The molecule has 3 aromatic rings. The second kappa shape index (κ2) is 7.00. The Balaban J connectivity index is 1.64. The van der Waals surface area contributed by atoms with Crippen LogP contribution < -0.4 is 10.1 Å². The van der Waals surface area contributed by atoms with E-state index in [1.54, 1.807) is 31.4 Å². The minimum absolute atomic E-state index is 0.211. The predicted molar refractivity (Wildman–Crippen MR) is 88.3 cm³/mol. The van der Waals surface area contributed by atoms with Crippen LogP contribution in [0.3, 0.4) is 0 Å². The molecule has 3 rings (SSSR count). The average molecular weight is 325 g/mol. The summed E-state index contributed by atoms with van der Waals surface area (Å²) in [7, 11) is 1.60. The summed E-state index contributed by atoms with van der Waals surface area (Å²) in [6.07, 6.45) is 0. The van der Waals surface area contributed by atoms with Gasteiger partial charge in [-0.15, -0.1) is 0 Å².